The molecule has 5 heteroatoms. The summed E-state index contributed by atoms with van der Waals surface area (Å²) in [5.41, 5.74) is 8.87. The first-order chi connectivity index (χ1) is 9.69. The summed E-state index contributed by atoms with van der Waals surface area (Å²) in [5, 5.41) is 1.26. The van der Waals surface area contributed by atoms with Crippen molar-refractivity contribution >= 4 is 35.6 Å². The Morgan fingerprint density at radius 2 is 1.95 bits per heavy atom. The highest BCUT2D eigenvalue weighted by atomic mass is 35.5. The molecule has 0 saturated heterocycles. The minimum atomic E-state index is 0. The van der Waals surface area contributed by atoms with Crippen molar-refractivity contribution in [2.75, 3.05) is 6.54 Å². The molecule has 0 spiro atoms. The third-order valence-electron chi connectivity index (χ3n) is 3.60. The van der Waals surface area contributed by atoms with Gasteiger partial charge in [0.05, 0.1) is 5.02 Å². The zero-order chi connectivity index (χ0) is 14.1. The van der Waals surface area contributed by atoms with Crippen molar-refractivity contribution < 1.29 is 4.74 Å². The molecule has 0 unspecified atom stereocenters. The summed E-state index contributed by atoms with van der Waals surface area (Å²) in [5.74, 6) is 0.901. The molecule has 0 aromatic heterocycles. The number of hydrogen-bond donors (Lipinski definition) is 1. The molecule has 2 aromatic rings. The van der Waals surface area contributed by atoms with Gasteiger partial charge in [-0.25, -0.2) is 0 Å². The average Bonchev–Trinajstić information content (AvgIpc) is 2.46. The van der Waals surface area contributed by atoms with Gasteiger partial charge < -0.3 is 10.5 Å². The van der Waals surface area contributed by atoms with Crippen LogP contribution in [0.2, 0.25) is 10.0 Å². The molecule has 112 valence electrons. The number of ether oxygens (including phenoxy) is 1. The van der Waals surface area contributed by atoms with E-state index >= 15 is 0 Å². The van der Waals surface area contributed by atoms with Crippen LogP contribution in [-0.4, -0.2) is 12.6 Å². The fourth-order valence-corrected chi connectivity index (χ4v) is 3.06. The summed E-state index contributed by atoms with van der Waals surface area (Å²) in [6.45, 7) is 0.530. The number of rotatable bonds is 2. The molecular formula is C16H16Cl3NO. The Morgan fingerprint density at radius 1 is 1.14 bits per heavy atom. The molecule has 1 aliphatic rings. The molecule has 1 atom stereocenters. The number of para-hydroxylation sites is 1. The van der Waals surface area contributed by atoms with Gasteiger partial charge in [0.2, 0.25) is 0 Å². The van der Waals surface area contributed by atoms with Crippen LogP contribution in [0.3, 0.4) is 0 Å². The topological polar surface area (TPSA) is 35.2 Å². The second-order valence-corrected chi connectivity index (χ2v) is 5.78. The van der Waals surface area contributed by atoms with E-state index in [1.165, 1.54) is 5.56 Å². The van der Waals surface area contributed by atoms with Gasteiger partial charge in [0.15, 0.2) is 0 Å². The minimum Gasteiger partial charge on any atom is -0.488 e. The van der Waals surface area contributed by atoms with Gasteiger partial charge in [-0.1, -0.05) is 47.5 Å². The molecule has 0 radical (unpaired) electrons. The maximum Gasteiger partial charge on any atom is 0.130 e. The summed E-state index contributed by atoms with van der Waals surface area (Å²) in [6.07, 6.45) is 2.02. The Morgan fingerprint density at radius 3 is 2.67 bits per heavy atom. The molecule has 0 bridgehead atoms. The van der Waals surface area contributed by atoms with Gasteiger partial charge in [-0.3, -0.25) is 0 Å². The SMILES string of the molecule is Cl.NC[C@H]1CCc2cccc(-c3ccc(Cl)cc3Cl)c2O1. The molecule has 2 nitrogen and oxygen atoms in total. The molecule has 1 aliphatic heterocycles. The van der Waals surface area contributed by atoms with Crippen LogP contribution in [0.4, 0.5) is 0 Å². The van der Waals surface area contributed by atoms with Crippen molar-refractivity contribution in [1.82, 2.24) is 0 Å². The van der Waals surface area contributed by atoms with Crippen molar-refractivity contribution in [2.24, 2.45) is 5.73 Å². The largest absolute Gasteiger partial charge is 0.488 e. The standard InChI is InChI=1S/C16H15Cl2NO.ClH/c17-11-5-7-13(15(18)8-11)14-3-1-2-10-4-6-12(9-19)20-16(10)14;/h1-3,5,7-8,12H,4,6,9,19H2;1H/t12-;/m1./s1. The van der Waals surface area contributed by atoms with Crippen molar-refractivity contribution in [3.63, 3.8) is 0 Å². The van der Waals surface area contributed by atoms with E-state index in [4.69, 9.17) is 33.7 Å². The second-order valence-electron chi connectivity index (χ2n) is 4.93. The first kappa shape index (κ1) is 16.4. The van der Waals surface area contributed by atoms with Crippen LogP contribution in [0, 0.1) is 0 Å². The molecule has 0 saturated carbocycles. The highest BCUT2D eigenvalue weighted by molar-refractivity contribution is 6.36. The Kier molecular flexibility index (Phi) is 5.39. The lowest BCUT2D eigenvalue weighted by atomic mass is 9.95. The third-order valence-corrected chi connectivity index (χ3v) is 4.15. The van der Waals surface area contributed by atoms with Gasteiger partial charge in [-0.15, -0.1) is 12.4 Å². The zero-order valence-electron chi connectivity index (χ0n) is 11.3. The third kappa shape index (κ3) is 3.29. The average molecular weight is 345 g/mol. The van der Waals surface area contributed by atoms with Gasteiger partial charge in [0.1, 0.15) is 11.9 Å². The quantitative estimate of drug-likeness (QED) is 0.854. The number of benzene rings is 2. The van der Waals surface area contributed by atoms with Crippen LogP contribution in [0.25, 0.3) is 11.1 Å². The smallest absolute Gasteiger partial charge is 0.130 e. The van der Waals surface area contributed by atoms with E-state index in [1.807, 2.05) is 24.3 Å². The van der Waals surface area contributed by atoms with E-state index in [1.54, 1.807) is 6.07 Å². The van der Waals surface area contributed by atoms with Gasteiger partial charge in [0, 0.05) is 22.7 Å². The molecule has 2 aromatic carbocycles. The summed E-state index contributed by atoms with van der Waals surface area (Å²) < 4.78 is 6.04. The summed E-state index contributed by atoms with van der Waals surface area (Å²) >= 11 is 12.3. The highest BCUT2D eigenvalue weighted by Gasteiger charge is 2.22. The fraction of sp³-hybridized carbons (Fsp3) is 0.250. The Balaban J connectivity index is 0.00000161. The molecule has 0 amide bonds. The number of hydrogen-bond acceptors (Lipinski definition) is 2. The van der Waals surface area contributed by atoms with Crippen LogP contribution in [0.15, 0.2) is 36.4 Å². The fourth-order valence-electron chi connectivity index (χ4n) is 2.55. The van der Waals surface area contributed by atoms with Crippen LogP contribution >= 0.6 is 35.6 Å². The monoisotopic (exact) mass is 343 g/mol. The first-order valence-electron chi connectivity index (χ1n) is 6.63. The van der Waals surface area contributed by atoms with Crippen molar-refractivity contribution in [1.29, 1.82) is 0 Å². The van der Waals surface area contributed by atoms with Crippen molar-refractivity contribution in [3.8, 4) is 16.9 Å². The molecule has 0 fully saturated rings. The normalized spacial score (nSPS) is 16.6. The van der Waals surface area contributed by atoms with E-state index < -0.39 is 0 Å². The maximum atomic E-state index is 6.31. The predicted octanol–water partition coefficient (Wildman–Crippen LogP) is 4.73. The summed E-state index contributed by atoms with van der Waals surface area (Å²) in [6, 6.07) is 11.7. The summed E-state index contributed by atoms with van der Waals surface area (Å²) in [4.78, 5) is 0. The molecule has 3 rings (SSSR count). The number of aryl methyl sites for hydroxylation is 1. The lowest BCUT2D eigenvalue weighted by Crippen LogP contribution is -2.30. The molecule has 0 aliphatic carbocycles. The minimum absolute atomic E-state index is 0. The van der Waals surface area contributed by atoms with E-state index in [0.717, 1.165) is 29.7 Å². The van der Waals surface area contributed by atoms with Gasteiger partial charge in [-0.2, -0.15) is 0 Å². The first-order valence-corrected chi connectivity index (χ1v) is 7.38. The highest BCUT2D eigenvalue weighted by Crippen LogP contribution is 2.40. The molecule has 21 heavy (non-hydrogen) atoms. The Labute approximate surface area is 140 Å². The number of fused-ring (bicyclic) bond motifs is 1. The van der Waals surface area contributed by atoms with E-state index in [-0.39, 0.29) is 18.5 Å². The van der Waals surface area contributed by atoms with Crippen LogP contribution < -0.4 is 10.5 Å². The molecular weight excluding hydrogens is 329 g/mol. The maximum absolute atomic E-state index is 6.31. The molecule has 2 N–H and O–H groups in total. The van der Waals surface area contributed by atoms with Gasteiger partial charge in [0.25, 0.3) is 0 Å². The van der Waals surface area contributed by atoms with E-state index in [2.05, 4.69) is 6.07 Å². The van der Waals surface area contributed by atoms with Crippen molar-refractivity contribution in [2.45, 2.75) is 18.9 Å². The number of halogens is 3. The van der Waals surface area contributed by atoms with Crippen LogP contribution in [0.5, 0.6) is 5.75 Å². The predicted molar refractivity (Wildman–Crippen MR) is 90.9 cm³/mol. The van der Waals surface area contributed by atoms with Crippen LogP contribution in [-0.2, 0) is 6.42 Å². The number of nitrogens with two attached hydrogens (primary N) is 1. The van der Waals surface area contributed by atoms with Crippen molar-refractivity contribution in [3.05, 3.63) is 52.0 Å². The second kappa shape index (κ2) is 6.89. The lowest BCUT2D eigenvalue weighted by Gasteiger charge is -2.27. The Bertz CT molecular complexity index is 645. The molecule has 1 heterocycles. The van der Waals surface area contributed by atoms with E-state index in [9.17, 15) is 0 Å². The zero-order valence-corrected chi connectivity index (χ0v) is 13.6. The Hall–Kier alpha value is -0.930. The lowest BCUT2D eigenvalue weighted by molar-refractivity contribution is 0.182. The van der Waals surface area contributed by atoms with Crippen LogP contribution in [0.1, 0.15) is 12.0 Å². The summed E-state index contributed by atoms with van der Waals surface area (Å²) in [7, 11) is 0. The van der Waals surface area contributed by atoms with Gasteiger partial charge >= 0.3 is 0 Å². The van der Waals surface area contributed by atoms with E-state index in [0.29, 0.717) is 16.6 Å². The van der Waals surface area contributed by atoms with Gasteiger partial charge in [-0.05, 0) is 30.5 Å².